The summed E-state index contributed by atoms with van der Waals surface area (Å²) in [5.41, 5.74) is 2.11. The second-order valence-corrected chi connectivity index (χ2v) is 8.24. The lowest BCUT2D eigenvalue weighted by molar-refractivity contribution is -0.121. The van der Waals surface area contributed by atoms with E-state index >= 15 is 0 Å². The van der Waals surface area contributed by atoms with Crippen molar-refractivity contribution in [2.45, 2.75) is 39.3 Å². The van der Waals surface area contributed by atoms with Gasteiger partial charge in [-0.2, -0.15) is 0 Å². The van der Waals surface area contributed by atoms with Gasteiger partial charge in [-0.1, -0.05) is 41.9 Å². The highest BCUT2D eigenvalue weighted by molar-refractivity contribution is 6.31. The summed E-state index contributed by atoms with van der Waals surface area (Å²) in [4.78, 5) is 27.6. The first-order valence-corrected chi connectivity index (χ1v) is 10.5. The van der Waals surface area contributed by atoms with Gasteiger partial charge in [-0.25, -0.2) is 0 Å². The van der Waals surface area contributed by atoms with Crippen LogP contribution in [0.2, 0.25) is 5.02 Å². The lowest BCUT2D eigenvalue weighted by Gasteiger charge is -2.32. The number of nitrogens with zero attached hydrogens (tertiary/aromatic N) is 1. The molecule has 2 N–H and O–H groups in total. The Balaban J connectivity index is 1.65. The van der Waals surface area contributed by atoms with E-state index in [0.717, 1.165) is 36.5 Å². The fourth-order valence-electron chi connectivity index (χ4n) is 3.65. The molecule has 1 aliphatic heterocycles. The van der Waals surface area contributed by atoms with Gasteiger partial charge >= 0.3 is 0 Å². The van der Waals surface area contributed by atoms with E-state index in [2.05, 4.69) is 15.5 Å². The summed E-state index contributed by atoms with van der Waals surface area (Å²) in [7, 11) is 0. The number of amides is 2. The molecule has 0 bridgehead atoms. The van der Waals surface area contributed by atoms with Crippen molar-refractivity contribution in [3.8, 4) is 0 Å². The van der Waals surface area contributed by atoms with Crippen LogP contribution in [0, 0.1) is 5.92 Å². The maximum Gasteiger partial charge on any atom is 0.253 e. The number of halogens is 1. The van der Waals surface area contributed by atoms with Crippen LogP contribution in [0.15, 0.2) is 48.5 Å². The fourth-order valence-corrected chi connectivity index (χ4v) is 3.84. The van der Waals surface area contributed by atoms with E-state index < -0.39 is 0 Å². The average Bonchev–Trinajstić information content (AvgIpc) is 2.70. The molecule has 6 heteroatoms. The molecule has 3 rings (SSSR count). The summed E-state index contributed by atoms with van der Waals surface area (Å²) in [6.45, 7) is 6.18. The Hall–Kier alpha value is -2.37. The van der Waals surface area contributed by atoms with Crippen LogP contribution in [0.1, 0.15) is 42.6 Å². The van der Waals surface area contributed by atoms with Crippen molar-refractivity contribution in [3.05, 3.63) is 64.7 Å². The molecule has 5 nitrogen and oxygen atoms in total. The maximum absolute atomic E-state index is 12.9. The third-order valence-corrected chi connectivity index (χ3v) is 5.45. The molecule has 0 unspecified atom stereocenters. The zero-order valence-electron chi connectivity index (χ0n) is 17.0. The Morgan fingerprint density at radius 3 is 2.62 bits per heavy atom. The van der Waals surface area contributed by atoms with Crippen LogP contribution in [-0.2, 0) is 11.3 Å². The molecule has 2 amide bonds. The molecule has 2 aromatic carbocycles. The van der Waals surface area contributed by atoms with Crippen LogP contribution < -0.4 is 10.6 Å². The van der Waals surface area contributed by atoms with E-state index in [4.69, 9.17) is 11.6 Å². The third-order valence-electron chi connectivity index (χ3n) is 5.08. The van der Waals surface area contributed by atoms with Crippen molar-refractivity contribution in [2.24, 2.45) is 5.92 Å². The Kier molecular flexibility index (Phi) is 7.29. The van der Waals surface area contributed by atoms with Crippen LogP contribution in [0.25, 0.3) is 0 Å². The molecular formula is C23H28ClN3O2. The number of carbonyl (C=O) groups is 2. The molecule has 0 radical (unpaired) electrons. The van der Waals surface area contributed by atoms with E-state index in [1.165, 1.54) is 0 Å². The summed E-state index contributed by atoms with van der Waals surface area (Å²) in [6.07, 6.45) is 1.79. The lowest BCUT2D eigenvalue weighted by Crippen LogP contribution is -2.40. The normalized spacial score (nSPS) is 17.2. The zero-order chi connectivity index (χ0) is 20.8. The summed E-state index contributed by atoms with van der Waals surface area (Å²) in [5, 5.41) is 6.61. The van der Waals surface area contributed by atoms with Crippen molar-refractivity contribution >= 4 is 29.1 Å². The van der Waals surface area contributed by atoms with Gasteiger partial charge in [-0.15, -0.1) is 0 Å². The second-order valence-electron chi connectivity index (χ2n) is 7.83. The maximum atomic E-state index is 12.9. The van der Waals surface area contributed by atoms with Gasteiger partial charge in [0.1, 0.15) is 0 Å². The van der Waals surface area contributed by atoms with Gasteiger partial charge in [-0.3, -0.25) is 14.5 Å². The van der Waals surface area contributed by atoms with E-state index in [1.54, 1.807) is 18.2 Å². The van der Waals surface area contributed by atoms with Gasteiger partial charge in [0.15, 0.2) is 0 Å². The Morgan fingerprint density at radius 1 is 1.14 bits per heavy atom. The van der Waals surface area contributed by atoms with E-state index in [1.807, 2.05) is 44.2 Å². The highest BCUT2D eigenvalue weighted by Crippen LogP contribution is 2.24. The van der Waals surface area contributed by atoms with Crippen LogP contribution in [0.4, 0.5) is 5.69 Å². The van der Waals surface area contributed by atoms with Gasteiger partial charge in [0.2, 0.25) is 5.91 Å². The molecule has 1 atom stereocenters. The first kappa shape index (κ1) is 21.3. The molecule has 1 heterocycles. The SMILES string of the molecule is CC(C)NC(=O)c1ccccc1NC(=O)[C@H]1CCCN(Cc2ccccc2Cl)C1. The molecular weight excluding hydrogens is 386 g/mol. The van der Waals surface area contributed by atoms with E-state index in [0.29, 0.717) is 17.8 Å². The lowest BCUT2D eigenvalue weighted by atomic mass is 9.96. The molecule has 0 spiro atoms. The van der Waals surface area contributed by atoms with Crippen molar-refractivity contribution in [2.75, 3.05) is 18.4 Å². The summed E-state index contributed by atoms with van der Waals surface area (Å²) < 4.78 is 0. The van der Waals surface area contributed by atoms with Gasteiger partial charge in [-0.05, 0) is 57.0 Å². The zero-order valence-corrected chi connectivity index (χ0v) is 17.7. The highest BCUT2D eigenvalue weighted by Gasteiger charge is 2.27. The smallest absolute Gasteiger partial charge is 0.253 e. The molecule has 154 valence electrons. The minimum absolute atomic E-state index is 0.0305. The third kappa shape index (κ3) is 5.81. The Labute approximate surface area is 177 Å². The quantitative estimate of drug-likeness (QED) is 0.740. The second kappa shape index (κ2) is 9.90. The van der Waals surface area contributed by atoms with Gasteiger partial charge < -0.3 is 10.6 Å². The van der Waals surface area contributed by atoms with E-state index in [9.17, 15) is 9.59 Å². The number of hydrogen-bond acceptors (Lipinski definition) is 3. The molecule has 29 heavy (non-hydrogen) atoms. The number of likely N-dealkylation sites (tertiary alicyclic amines) is 1. The molecule has 0 aromatic heterocycles. The van der Waals surface area contributed by atoms with Crippen molar-refractivity contribution in [1.82, 2.24) is 10.2 Å². The first-order chi connectivity index (χ1) is 13.9. The minimum Gasteiger partial charge on any atom is -0.350 e. The molecule has 1 saturated heterocycles. The van der Waals surface area contributed by atoms with Crippen molar-refractivity contribution in [3.63, 3.8) is 0 Å². The molecule has 1 fully saturated rings. The topological polar surface area (TPSA) is 61.4 Å². The van der Waals surface area contributed by atoms with Gasteiger partial charge in [0.05, 0.1) is 17.2 Å². The van der Waals surface area contributed by atoms with Crippen LogP contribution >= 0.6 is 11.6 Å². The van der Waals surface area contributed by atoms with Crippen LogP contribution in [0.3, 0.4) is 0 Å². The van der Waals surface area contributed by atoms with Gasteiger partial charge in [0, 0.05) is 24.2 Å². The molecule has 0 aliphatic carbocycles. The average molecular weight is 414 g/mol. The van der Waals surface area contributed by atoms with Crippen LogP contribution in [0.5, 0.6) is 0 Å². The largest absolute Gasteiger partial charge is 0.350 e. The van der Waals surface area contributed by atoms with E-state index in [-0.39, 0.29) is 23.8 Å². The monoisotopic (exact) mass is 413 g/mol. The summed E-state index contributed by atoms with van der Waals surface area (Å²) >= 11 is 6.29. The van der Waals surface area contributed by atoms with Crippen LogP contribution in [-0.4, -0.2) is 35.8 Å². The number of rotatable bonds is 6. The Bertz CT molecular complexity index is 869. The number of para-hydroxylation sites is 1. The molecule has 0 saturated carbocycles. The number of carbonyl (C=O) groups excluding carboxylic acids is 2. The minimum atomic E-state index is -0.181. The predicted octanol–water partition coefficient (Wildman–Crippen LogP) is 4.33. The number of hydrogen-bond donors (Lipinski definition) is 2. The first-order valence-electron chi connectivity index (χ1n) is 10.1. The Morgan fingerprint density at radius 2 is 1.86 bits per heavy atom. The van der Waals surface area contributed by atoms with Crippen molar-refractivity contribution < 1.29 is 9.59 Å². The predicted molar refractivity (Wildman–Crippen MR) is 117 cm³/mol. The number of anilines is 1. The number of nitrogens with one attached hydrogen (secondary N) is 2. The fraction of sp³-hybridized carbons (Fsp3) is 0.391. The van der Waals surface area contributed by atoms with Crippen molar-refractivity contribution in [1.29, 1.82) is 0 Å². The number of benzene rings is 2. The number of piperidine rings is 1. The highest BCUT2D eigenvalue weighted by atomic mass is 35.5. The standard InChI is InChI=1S/C23H28ClN3O2/c1-16(2)25-23(29)19-10-4-6-12-21(19)26-22(28)18-9-7-13-27(15-18)14-17-8-3-5-11-20(17)24/h3-6,8,10-12,16,18H,7,9,13-15H2,1-2H3,(H,25,29)(H,26,28)/t18-/m0/s1. The molecule has 2 aromatic rings. The summed E-state index contributed by atoms with van der Waals surface area (Å²) in [5.74, 6) is -0.342. The van der Waals surface area contributed by atoms with Gasteiger partial charge in [0.25, 0.3) is 5.91 Å². The molecule has 1 aliphatic rings. The summed E-state index contributed by atoms with van der Waals surface area (Å²) in [6, 6.07) is 15.0.